The van der Waals surface area contributed by atoms with Crippen LogP contribution in [0.25, 0.3) is 0 Å². The van der Waals surface area contributed by atoms with Gasteiger partial charge in [-0.25, -0.2) is 4.79 Å². The van der Waals surface area contributed by atoms with Gasteiger partial charge in [0.1, 0.15) is 6.10 Å². The van der Waals surface area contributed by atoms with Gasteiger partial charge in [-0.15, -0.1) is 0 Å². The number of hydrogen-bond acceptors (Lipinski definition) is 3. The van der Waals surface area contributed by atoms with E-state index in [1.165, 1.54) is 0 Å². The molecule has 1 saturated heterocycles. The summed E-state index contributed by atoms with van der Waals surface area (Å²) in [5.74, 6) is 0. The third-order valence-electron chi connectivity index (χ3n) is 2.03. The van der Waals surface area contributed by atoms with Crippen LogP contribution >= 0.6 is 0 Å². The molecule has 1 aliphatic heterocycles. The Morgan fingerprint density at radius 2 is 2.58 bits per heavy atom. The molecule has 0 bridgehead atoms. The Hall–Kier alpha value is -0.770. The van der Waals surface area contributed by atoms with Crippen LogP contribution in [0.5, 0.6) is 0 Å². The summed E-state index contributed by atoms with van der Waals surface area (Å²) in [6.07, 6.45) is 1.07. The number of carboxylic acid groups (broad SMARTS) is 1. The smallest absolute Gasteiger partial charge is 0.450 e. The summed E-state index contributed by atoms with van der Waals surface area (Å²) in [6, 6.07) is 0. The van der Waals surface area contributed by atoms with Crippen molar-refractivity contribution < 1.29 is 19.4 Å². The minimum atomic E-state index is -1.21. The first kappa shape index (κ1) is 9.32. The van der Waals surface area contributed by atoms with Crippen LogP contribution < -0.4 is 0 Å². The zero-order valence-corrected chi connectivity index (χ0v) is 7.16. The van der Waals surface area contributed by atoms with E-state index in [9.17, 15) is 4.79 Å². The predicted octanol–water partition coefficient (Wildman–Crippen LogP) is 1.64. The van der Waals surface area contributed by atoms with Gasteiger partial charge < -0.3 is 14.6 Å². The van der Waals surface area contributed by atoms with Crippen LogP contribution in [0.4, 0.5) is 4.79 Å². The van der Waals surface area contributed by atoms with E-state index in [0.29, 0.717) is 6.42 Å². The molecular weight excluding hydrogens is 160 g/mol. The molecule has 0 saturated carbocycles. The first-order valence-electron chi connectivity index (χ1n) is 4.25. The highest BCUT2D eigenvalue weighted by Gasteiger charge is 2.27. The van der Waals surface area contributed by atoms with E-state index in [1.807, 2.05) is 6.92 Å². The van der Waals surface area contributed by atoms with Gasteiger partial charge in [0, 0.05) is 6.61 Å². The zero-order valence-electron chi connectivity index (χ0n) is 7.16. The van der Waals surface area contributed by atoms with E-state index in [4.69, 9.17) is 9.84 Å². The molecule has 0 aliphatic carbocycles. The minimum Gasteiger partial charge on any atom is -0.450 e. The molecule has 12 heavy (non-hydrogen) atoms. The Bertz CT molecular complexity index is 151. The molecule has 0 radical (unpaired) electrons. The van der Waals surface area contributed by atoms with Crippen LogP contribution in [0.1, 0.15) is 26.2 Å². The molecule has 1 aliphatic rings. The van der Waals surface area contributed by atoms with Crippen molar-refractivity contribution in [1.29, 1.82) is 0 Å². The summed E-state index contributed by atoms with van der Waals surface area (Å²) in [6.45, 7) is 2.62. The summed E-state index contributed by atoms with van der Waals surface area (Å²) in [7, 11) is 0. The summed E-state index contributed by atoms with van der Waals surface area (Å²) in [5, 5.41) is 8.40. The maximum absolute atomic E-state index is 10.2. The Kier molecular flexibility index (Phi) is 3.34. The summed E-state index contributed by atoms with van der Waals surface area (Å²) < 4.78 is 9.99. The molecule has 0 aromatic carbocycles. The van der Waals surface area contributed by atoms with E-state index in [0.717, 1.165) is 19.4 Å². The molecule has 2 atom stereocenters. The van der Waals surface area contributed by atoms with E-state index < -0.39 is 6.16 Å². The van der Waals surface area contributed by atoms with Gasteiger partial charge >= 0.3 is 6.16 Å². The Morgan fingerprint density at radius 1 is 1.83 bits per heavy atom. The monoisotopic (exact) mass is 174 g/mol. The van der Waals surface area contributed by atoms with Crippen molar-refractivity contribution in [3.05, 3.63) is 0 Å². The fourth-order valence-corrected chi connectivity index (χ4v) is 1.45. The van der Waals surface area contributed by atoms with Gasteiger partial charge in [0.25, 0.3) is 0 Å². The molecule has 1 N–H and O–H groups in total. The normalized spacial score (nSPS) is 25.2. The Labute approximate surface area is 71.5 Å². The average molecular weight is 174 g/mol. The molecule has 2 unspecified atom stereocenters. The fourth-order valence-electron chi connectivity index (χ4n) is 1.45. The van der Waals surface area contributed by atoms with Crippen LogP contribution in [0.3, 0.4) is 0 Å². The highest BCUT2D eigenvalue weighted by atomic mass is 16.7. The van der Waals surface area contributed by atoms with Crippen LogP contribution in [0.15, 0.2) is 0 Å². The van der Waals surface area contributed by atoms with Crippen LogP contribution in [-0.4, -0.2) is 30.1 Å². The van der Waals surface area contributed by atoms with Gasteiger partial charge in [-0.05, 0) is 19.3 Å². The second-order valence-electron chi connectivity index (χ2n) is 2.88. The first-order chi connectivity index (χ1) is 5.74. The third kappa shape index (κ3) is 2.37. The Balaban J connectivity index is 2.37. The molecule has 0 amide bonds. The lowest BCUT2D eigenvalue weighted by atomic mass is 10.1. The van der Waals surface area contributed by atoms with Crippen LogP contribution in [0, 0.1) is 0 Å². The third-order valence-corrected chi connectivity index (χ3v) is 2.03. The number of ether oxygens (including phenoxy) is 2. The van der Waals surface area contributed by atoms with Gasteiger partial charge in [0.15, 0.2) is 0 Å². The number of rotatable bonds is 3. The quantitative estimate of drug-likeness (QED) is 0.661. The SMILES string of the molecule is CCC(OC(=O)O)C1CCCO1. The van der Waals surface area contributed by atoms with Gasteiger partial charge in [-0.2, -0.15) is 0 Å². The van der Waals surface area contributed by atoms with Crippen molar-refractivity contribution >= 4 is 6.16 Å². The highest BCUT2D eigenvalue weighted by molar-refractivity contribution is 5.57. The second-order valence-corrected chi connectivity index (χ2v) is 2.88. The van der Waals surface area contributed by atoms with E-state index in [2.05, 4.69) is 4.74 Å². The molecule has 0 spiro atoms. The van der Waals surface area contributed by atoms with Crippen molar-refractivity contribution in [2.45, 2.75) is 38.4 Å². The maximum Gasteiger partial charge on any atom is 0.506 e. The first-order valence-corrected chi connectivity index (χ1v) is 4.25. The average Bonchev–Trinajstić information content (AvgIpc) is 2.51. The fraction of sp³-hybridized carbons (Fsp3) is 0.875. The van der Waals surface area contributed by atoms with Gasteiger partial charge in [-0.1, -0.05) is 6.92 Å². The second kappa shape index (κ2) is 4.30. The van der Waals surface area contributed by atoms with Crippen LogP contribution in [-0.2, 0) is 9.47 Å². The molecule has 1 fully saturated rings. The van der Waals surface area contributed by atoms with E-state index in [1.54, 1.807) is 0 Å². The van der Waals surface area contributed by atoms with Gasteiger partial charge in [-0.3, -0.25) is 0 Å². The lowest BCUT2D eigenvalue weighted by molar-refractivity contribution is -0.0316. The molecule has 0 aromatic heterocycles. The minimum absolute atomic E-state index is 0.0221. The molecule has 1 rings (SSSR count). The summed E-state index contributed by atoms with van der Waals surface area (Å²) in [4.78, 5) is 10.2. The summed E-state index contributed by atoms with van der Waals surface area (Å²) in [5.41, 5.74) is 0. The zero-order chi connectivity index (χ0) is 8.97. The largest absolute Gasteiger partial charge is 0.506 e. The molecule has 4 nitrogen and oxygen atoms in total. The lowest BCUT2D eigenvalue weighted by Crippen LogP contribution is -2.29. The molecule has 4 heteroatoms. The van der Waals surface area contributed by atoms with E-state index in [-0.39, 0.29) is 12.2 Å². The lowest BCUT2D eigenvalue weighted by Gasteiger charge is -2.19. The van der Waals surface area contributed by atoms with Gasteiger partial charge in [0.05, 0.1) is 6.10 Å². The highest BCUT2D eigenvalue weighted by Crippen LogP contribution is 2.19. The number of hydrogen-bond donors (Lipinski definition) is 1. The summed E-state index contributed by atoms with van der Waals surface area (Å²) >= 11 is 0. The van der Waals surface area contributed by atoms with Crippen molar-refractivity contribution in [1.82, 2.24) is 0 Å². The molecule has 70 valence electrons. The molecule has 1 heterocycles. The maximum atomic E-state index is 10.2. The van der Waals surface area contributed by atoms with Crippen molar-refractivity contribution in [2.75, 3.05) is 6.61 Å². The molecular formula is C8H14O4. The van der Waals surface area contributed by atoms with Gasteiger partial charge in [0.2, 0.25) is 0 Å². The van der Waals surface area contributed by atoms with Crippen molar-refractivity contribution in [3.8, 4) is 0 Å². The van der Waals surface area contributed by atoms with Crippen molar-refractivity contribution in [3.63, 3.8) is 0 Å². The predicted molar refractivity (Wildman–Crippen MR) is 42.2 cm³/mol. The van der Waals surface area contributed by atoms with Crippen molar-refractivity contribution in [2.24, 2.45) is 0 Å². The number of carbonyl (C=O) groups is 1. The molecule has 0 aromatic rings. The van der Waals surface area contributed by atoms with Crippen LogP contribution in [0.2, 0.25) is 0 Å². The van der Waals surface area contributed by atoms with E-state index >= 15 is 0 Å². The topological polar surface area (TPSA) is 55.8 Å². The standard InChI is InChI=1S/C8H14O4/c1-2-6(12-8(9)10)7-4-3-5-11-7/h6-7H,2-5H2,1H3,(H,9,10). The Morgan fingerprint density at radius 3 is 3.00 bits per heavy atom.